The first-order chi connectivity index (χ1) is 9.54. The number of aliphatic carboxylic acids is 1. The molecule has 0 spiro atoms. The van der Waals surface area contributed by atoms with Crippen molar-refractivity contribution in [2.24, 2.45) is 0 Å². The highest BCUT2D eigenvalue weighted by atomic mass is 32.2. The Morgan fingerprint density at radius 1 is 1.60 bits per heavy atom. The van der Waals surface area contributed by atoms with Gasteiger partial charge in [0.2, 0.25) is 0 Å². The van der Waals surface area contributed by atoms with E-state index in [9.17, 15) is 9.59 Å². The van der Waals surface area contributed by atoms with Crippen LogP contribution >= 0.6 is 11.8 Å². The Hall–Kier alpha value is -1.70. The van der Waals surface area contributed by atoms with Crippen LogP contribution in [0.4, 0.5) is 4.79 Å². The van der Waals surface area contributed by atoms with E-state index in [2.05, 4.69) is 20.6 Å². The van der Waals surface area contributed by atoms with Crippen molar-refractivity contribution in [3.05, 3.63) is 18.2 Å². The van der Waals surface area contributed by atoms with Crippen molar-refractivity contribution in [3.8, 4) is 0 Å². The molecule has 1 aromatic rings. The first kappa shape index (κ1) is 14.7. The number of H-pyrrole nitrogens is 1. The average molecular weight is 298 g/mol. The van der Waals surface area contributed by atoms with Crippen LogP contribution in [0.3, 0.4) is 0 Å². The number of imidazole rings is 1. The number of aromatic amines is 1. The van der Waals surface area contributed by atoms with Gasteiger partial charge in [-0.1, -0.05) is 0 Å². The lowest BCUT2D eigenvalue weighted by Gasteiger charge is -2.17. The summed E-state index contributed by atoms with van der Waals surface area (Å²) in [4.78, 5) is 29.5. The van der Waals surface area contributed by atoms with Crippen LogP contribution in [0.15, 0.2) is 12.5 Å². The minimum atomic E-state index is -1.07. The summed E-state index contributed by atoms with van der Waals surface area (Å²) in [6, 6.07) is -1.42. The molecule has 0 bridgehead atoms. The van der Waals surface area contributed by atoms with Crippen molar-refractivity contribution in [2.45, 2.75) is 30.1 Å². The number of carbonyl (C=O) groups is 2. The van der Waals surface area contributed by atoms with Crippen molar-refractivity contribution in [3.63, 3.8) is 0 Å². The Balaban J connectivity index is 1.81. The zero-order valence-electron chi connectivity index (χ0n) is 11.2. The van der Waals surface area contributed by atoms with Gasteiger partial charge in [-0.05, 0) is 19.1 Å². The number of nitrogens with one attached hydrogen (secondary N) is 3. The second kappa shape index (κ2) is 6.17. The maximum atomic E-state index is 11.8. The molecule has 8 heteroatoms. The van der Waals surface area contributed by atoms with Gasteiger partial charge in [0.05, 0.1) is 6.33 Å². The molecule has 1 saturated carbocycles. The van der Waals surface area contributed by atoms with Crippen LogP contribution in [0.2, 0.25) is 0 Å². The van der Waals surface area contributed by atoms with E-state index in [4.69, 9.17) is 5.11 Å². The lowest BCUT2D eigenvalue weighted by Crippen LogP contribution is -2.48. The molecule has 0 aliphatic heterocycles. The van der Waals surface area contributed by atoms with E-state index < -0.39 is 18.0 Å². The summed E-state index contributed by atoms with van der Waals surface area (Å²) in [5.74, 6) is -1.07. The zero-order valence-corrected chi connectivity index (χ0v) is 12.0. The fourth-order valence-corrected chi connectivity index (χ4v) is 2.59. The molecule has 1 fully saturated rings. The molecule has 2 rings (SSSR count). The number of aromatic nitrogens is 2. The van der Waals surface area contributed by atoms with Crippen molar-refractivity contribution in [1.82, 2.24) is 20.6 Å². The quantitative estimate of drug-likeness (QED) is 0.590. The normalized spacial score (nSPS) is 17.2. The van der Waals surface area contributed by atoms with Crippen molar-refractivity contribution in [2.75, 3.05) is 12.8 Å². The molecule has 0 unspecified atom stereocenters. The SMILES string of the molecule is CSC1(CNC(=O)N[C@@H](Cc2cnc[nH]2)C(=O)O)CC1. The Morgan fingerprint density at radius 2 is 2.35 bits per heavy atom. The molecule has 110 valence electrons. The summed E-state index contributed by atoms with van der Waals surface area (Å²) >= 11 is 1.74. The number of nitrogens with zero attached hydrogens (tertiary/aromatic N) is 1. The average Bonchev–Trinajstić information content (AvgIpc) is 3.03. The Kier molecular flexibility index (Phi) is 4.53. The highest BCUT2D eigenvalue weighted by Crippen LogP contribution is 2.46. The number of thioether (sulfide) groups is 1. The molecule has 0 radical (unpaired) electrons. The van der Waals surface area contributed by atoms with Crippen LogP contribution in [0, 0.1) is 0 Å². The van der Waals surface area contributed by atoms with Gasteiger partial charge in [-0.25, -0.2) is 14.6 Å². The monoisotopic (exact) mass is 298 g/mol. The summed E-state index contributed by atoms with van der Waals surface area (Å²) in [5, 5.41) is 14.3. The van der Waals surface area contributed by atoms with Crippen molar-refractivity contribution < 1.29 is 14.7 Å². The third kappa shape index (κ3) is 3.89. The van der Waals surface area contributed by atoms with E-state index in [1.54, 1.807) is 18.0 Å². The first-order valence-corrected chi connectivity index (χ1v) is 7.57. The summed E-state index contributed by atoms with van der Waals surface area (Å²) in [5.41, 5.74) is 0.667. The molecule has 0 aromatic carbocycles. The number of hydrogen-bond acceptors (Lipinski definition) is 4. The van der Waals surface area contributed by atoms with E-state index in [0.717, 1.165) is 12.8 Å². The lowest BCUT2D eigenvalue weighted by atomic mass is 10.2. The first-order valence-electron chi connectivity index (χ1n) is 6.34. The van der Waals surface area contributed by atoms with Gasteiger partial charge in [-0.15, -0.1) is 0 Å². The molecule has 0 saturated heterocycles. The highest BCUT2D eigenvalue weighted by Gasteiger charge is 2.42. The molecule has 2 amide bonds. The van der Waals surface area contributed by atoms with Gasteiger partial charge in [0.25, 0.3) is 0 Å². The summed E-state index contributed by atoms with van der Waals surface area (Å²) < 4.78 is 0.152. The van der Waals surface area contributed by atoms with Gasteiger partial charge in [0, 0.05) is 29.6 Å². The molecule has 7 nitrogen and oxygen atoms in total. The minimum Gasteiger partial charge on any atom is -0.480 e. The number of carboxylic acids is 1. The number of carboxylic acid groups (broad SMARTS) is 1. The van der Waals surface area contributed by atoms with E-state index >= 15 is 0 Å². The molecule has 1 atom stereocenters. The van der Waals surface area contributed by atoms with Gasteiger partial charge >= 0.3 is 12.0 Å². The summed E-state index contributed by atoms with van der Waals surface area (Å²) in [6.07, 6.45) is 7.39. The van der Waals surface area contributed by atoms with E-state index in [1.165, 1.54) is 6.33 Å². The van der Waals surface area contributed by atoms with E-state index in [0.29, 0.717) is 12.2 Å². The smallest absolute Gasteiger partial charge is 0.326 e. The zero-order chi connectivity index (χ0) is 14.6. The fourth-order valence-electron chi connectivity index (χ4n) is 1.86. The van der Waals surface area contributed by atoms with Gasteiger partial charge in [0.15, 0.2) is 0 Å². The van der Waals surface area contributed by atoms with Crippen molar-refractivity contribution >= 4 is 23.8 Å². The molecule has 1 heterocycles. The van der Waals surface area contributed by atoms with Gasteiger partial charge in [-0.2, -0.15) is 11.8 Å². The Bertz CT molecular complexity index is 473. The maximum Gasteiger partial charge on any atom is 0.326 e. The fraction of sp³-hybridized carbons (Fsp3) is 0.583. The van der Waals surface area contributed by atoms with Gasteiger partial charge < -0.3 is 20.7 Å². The number of carbonyl (C=O) groups excluding carboxylic acids is 1. The second-order valence-electron chi connectivity index (χ2n) is 4.89. The minimum absolute atomic E-state index is 0.152. The molecule has 20 heavy (non-hydrogen) atoms. The predicted octanol–water partition coefficient (Wildman–Crippen LogP) is 0.600. The predicted molar refractivity (Wildman–Crippen MR) is 75.7 cm³/mol. The Morgan fingerprint density at radius 3 is 2.85 bits per heavy atom. The molecular weight excluding hydrogens is 280 g/mol. The van der Waals surface area contributed by atoms with Crippen LogP contribution in [0.1, 0.15) is 18.5 Å². The number of hydrogen-bond donors (Lipinski definition) is 4. The van der Waals surface area contributed by atoms with Crippen LogP contribution in [0.5, 0.6) is 0 Å². The molecule has 1 aliphatic carbocycles. The van der Waals surface area contributed by atoms with Crippen LogP contribution < -0.4 is 10.6 Å². The van der Waals surface area contributed by atoms with Crippen LogP contribution in [-0.2, 0) is 11.2 Å². The Labute approximate surface area is 120 Å². The molecule has 1 aromatic heterocycles. The second-order valence-corrected chi connectivity index (χ2v) is 6.16. The largest absolute Gasteiger partial charge is 0.480 e. The van der Waals surface area contributed by atoms with Gasteiger partial charge in [0.1, 0.15) is 6.04 Å². The van der Waals surface area contributed by atoms with Gasteiger partial charge in [-0.3, -0.25) is 0 Å². The number of rotatable bonds is 7. The molecular formula is C12H18N4O3S. The lowest BCUT2D eigenvalue weighted by molar-refractivity contribution is -0.139. The van der Waals surface area contributed by atoms with Crippen LogP contribution in [-0.4, -0.2) is 50.7 Å². The highest BCUT2D eigenvalue weighted by molar-refractivity contribution is 8.00. The van der Waals surface area contributed by atoms with Crippen LogP contribution in [0.25, 0.3) is 0 Å². The molecule has 4 N–H and O–H groups in total. The number of amides is 2. The topological polar surface area (TPSA) is 107 Å². The number of urea groups is 1. The summed E-state index contributed by atoms with van der Waals surface area (Å²) in [6.45, 7) is 0.566. The standard InChI is InChI=1S/C12H18N4O3S/c1-20-12(2-3-12)6-14-11(19)16-9(10(17)18)4-8-5-13-7-15-8/h5,7,9H,2-4,6H2,1H3,(H,13,15)(H,17,18)(H2,14,16,19)/t9-/m0/s1. The van der Waals surface area contributed by atoms with E-state index in [1.807, 2.05) is 6.26 Å². The van der Waals surface area contributed by atoms with E-state index in [-0.39, 0.29) is 11.2 Å². The maximum absolute atomic E-state index is 11.8. The third-order valence-electron chi connectivity index (χ3n) is 3.39. The molecule has 1 aliphatic rings. The van der Waals surface area contributed by atoms with Crippen molar-refractivity contribution in [1.29, 1.82) is 0 Å². The third-order valence-corrected chi connectivity index (χ3v) is 4.81. The summed E-state index contributed by atoms with van der Waals surface area (Å²) in [7, 11) is 0.